The molecule has 1 rings (SSSR count). The lowest BCUT2D eigenvalue weighted by Gasteiger charge is -2.31. The molecule has 1 amide bonds. The van der Waals surface area contributed by atoms with E-state index < -0.39 is 0 Å². The van der Waals surface area contributed by atoms with Crippen LogP contribution in [0.1, 0.15) is 25.7 Å². The van der Waals surface area contributed by atoms with Gasteiger partial charge in [-0.15, -0.1) is 0 Å². The van der Waals surface area contributed by atoms with Crippen LogP contribution in [0.15, 0.2) is 0 Å². The number of likely N-dealkylation sites (tertiary alicyclic amines) is 1. The Labute approximate surface area is 120 Å². The minimum atomic E-state index is 0.127. The summed E-state index contributed by atoms with van der Waals surface area (Å²) in [6.45, 7) is 3.54. The minimum Gasteiger partial charge on any atom is -0.396 e. The standard InChI is InChI=1S/C13H25N3O2S/c1-15(7-4-12(14)19)13(18)5-8-16-6-2-3-11(9-16)10-17/h11,17H,2-10H2,1H3,(H2,14,19). The van der Waals surface area contributed by atoms with E-state index in [-0.39, 0.29) is 12.5 Å². The Bertz CT molecular complexity index is 312. The molecule has 0 bridgehead atoms. The maximum absolute atomic E-state index is 11.9. The monoisotopic (exact) mass is 287 g/mol. The number of aliphatic hydroxyl groups is 1. The summed E-state index contributed by atoms with van der Waals surface area (Å²) in [6, 6.07) is 0. The molecule has 19 heavy (non-hydrogen) atoms. The summed E-state index contributed by atoms with van der Waals surface area (Å²) in [7, 11) is 1.79. The van der Waals surface area contributed by atoms with E-state index in [1.54, 1.807) is 11.9 Å². The molecule has 110 valence electrons. The van der Waals surface area contributed by atoms with E-state index in [4.69, 9.17) is 18.0 Å². The number of hydrogen-bond donors (Lipinski definition) is 2. The number of aliphatic hydroxyl groups excluding tert-OH is 1. The molecule has 1 heterocycles. The van der Waals surface area contributed by atoms with Crippen LogP contribution in [0, 0.1) is 5.92 Å². The molecule has 1 aliphatic heterocycles. The number of thiocarbonyl (C=S) groups is 1. The quantitative estimate of drug-likeness (QED) is 0.655. The molecule has 0 saturated carbocycles. The molecule has 0 aromatic rings. The van der Waals surface area contributed by atoms with Crippen molar-refractivity contribution >= 4 is 23.1 Å². The Morgan fingerprint density at radius 2 is 2.26 bits per heavy atom. The highest BCUT2D eigenvalue weighted by Gasteiger charge is 2.20. The number of nitrogens with zero attached hydrogens (tertiary/aromatic N) is 2. The van der Waals surface area contributed by atoms with E-state index in [1.165, 1.54) is 0 Å². The zero-order chi connectivity index (χ0) is 14.3. The highest BCUT2D eigenvalue weighted by Crippen LogP contribution is 2.15. The van der Waals surface area contributed by atoms with Crippen LogP contribution in [-0.2, 0) is 4.79 Å². The van der Waals surface area contributed by atoms with Crippen molar-refractivity contribution in [2.75, 3.05) is 39.8 Å². The van der Waals surface area contributed by atoms with Crippen LogP contribution >= 0.6 is 12.2 Å². The van der Waals surface area contributed by atoms with Crippen molar-refractivity contribution in [2.24, 2.45) is 11.7 Å². The van der Waals surface area contributed by atoms with Crippen molar-refractivity contribution in [3.8, 4) is 0 Å². The average Bonchev–Trinajstić information content (AvgIpc) is 2.42. The van der Waals surface area contributed by atoms with Gasteiger partial charge in [-0.3, -0.25) is 4.79 Å². The topological polar surface area (TPSA) is 69.8 Å². The van der Waals surface area contributed by atoms with E-state index in [0.29, 0.717) is 30.3 Å². The van der Waals surface area contributed by atoms with Gasteiger partial charge in [0.25, 0.3) is 0 Å². The number of carbonyl (C=O) groups excluding carboxylic acids is 1. The van der Waals surface area contributed by atoms with E-state index in [9.17, 15) is 9.90 Å². The Morgan fingerprint density at radius 1 is 1.53 bits per heavy atom. The second kappa shape index (κ2) is 8.45. The number of piperidine rings is 1. The lowest BCUT2D eigenvalue weighted by molar-refractivity contribution is -0.130. The maximum Gasteiger partial charge on any atom is 0.223 e. The van der Waals surface area contributed by atoms with Crippen molar-refractivity contribution in [3.05, 3.63) is 0 Å². The Hall–Kier alpha value is -0.720. The first-order chi connectivity index (χ1) is 9.02. The van der Waals surface area contributed by atoms with Gasteiger partial charge in [-0.2, -0.15) is 0 Å². The van der Waals surface area contributed by atoms with Gasteiger partial charge in [-0.05, 0) is 25.3 Å². The third kappa shape index (κ3) is 6.31. The highest BCUT2D eigenvalue weighted by atomic mass is 32.1. The molecule has 0 aromatic carbocycles. The zero-order valence-corrected chi connectivity index (χ0v) is 12.5. The first-order valence-electron chi connectivity index (χ1n) is 6.88. The summed E-state index contributed by atoms with van der Waals surface area (Å²) in [5.74, 6) is 0.499. The van der Waals surface area contributed by atoms with Crippen molar-refractivity contribution in [2.45, 2.75) is 25.7 Å². The summed E-state index contributed by atoms with van der Waals surface area (Å²) in [6.07, 6.45) is 3.30. The van der Waals surface area contributed by atoms with Gasteiger partial charge in [0.05, 0.1) is 4.99 Å². The highest BCUT2D eigenvalue weighted by molar-refractivity contribution is 7.80. The second-order valence-electron chi connectivity index (χ2n) is 5.27. The van der Waals surface area contributed by atoms with Gasteiger partial charge in [-0.1, -0.05) is 12.2 Å². The van der Waals surface area contributed by atoms with Crippen LogP contribution < -0.4 is 5.73 Å². The Balaban J connectivity index is 2.23. The summed E-state index contributed by atoms with van der Waals surface area (Å²) in [5.41, 5.74) is 5.42. The first-order valence-corrected chi connectivity index (χ1v) is 7.29. The average molecular weight is 287 g/mol. The number of nitrogens with two attached hydrogens (primary N) is 1. The largest absolute Gasteiger partial charge is 0.396 e. The number of hydrogen-bond acceptors (Lipinski definition) is 4. The number of amides is 1. The van der Waals surface area contributed by atoms with Gasteiger partial charge in [0.15, 0.2) is 0 Å². The van der Waals surface area contributed by atoms with Gasteiger partial charge in [0, 0.05) is 46.1 Å². The summed E-state index contributed by atoms with van der Waals surface area (Å²) >= 11 is 4.80. The molecule has 1 aliphatic rings. The van der Waals surface area contributed by atoms with Crippen LogP contribution in [0.5, 0.6) is 0 Å². The van der Waals surface area contributed by atoms with Gasteiger partial charge in [0.1, 0.15) is 0 Å². The molecular formula is C13H25N3O2S. The molecule has 1 unspecified atom stereocenters. The predicted molar refractivity (Wildman–Crippen MR) is 79.9 cm³/mol. The third-order valence-corrected chi connectivity index (χ3v) is 3.83. The fourth-order valence-electron chi connectivity index (χ4n) is 2.35. The molecule has 1 fully saturated rings. The summed E-state index contributed by atoms with van der Waals surface area (Å²) < 4.78 is 0. The fourth-order valence-corrected chi connectivity index (χ4v) is 2.44. The van der Waals surface area contributed by atoms with Gasteiger partial charge in [-0.25, -0.2) is 0 Å². The fraction of sp³-hybridized carbons (Fsp3) is 0.846. The van der Waals surface area contributed by atoms with Crippen LogP contribution in [0.2, 0.25) is 0 Å². The van der Waals surface area contributed by atoms with Crippen molar-refractivity contribution in [1.29, 1.82) is 0 Å². The molecule has 5 nitrogen and oxygen atoms in total. The van der Waals surface area contributed by atoms with Crippen LogP contribution in [0.3, 0.4) is 0 Å². The van der Waals surface area contributed by atoms with E-state index in [1.807, 2.05) is 0 Å². The van der Waals surface area contributed by atoms with Crippen LogP contribution in [-0.4, -0.2) is 65.6 Å². The van der Waals surface area contributed by atoms with Gasteiger partial charge < -0.3 is 20.6 Å². The first kappa shape index (κ1) is 16.3. The Morgan fingerprint density at radius 3 is 2.89 bits per heavy atom. The molecule has 0 aliphatic carbocycles. The third-order valence-electron chi connectivity index (χ3n) is 3.62. The Kier molecular flexibility index (Phi) is 7.27. The molecule has 0 aromatic heterocycles. The normalized spacial score (nSPS) is 20.2. The number of rotatable bonds is 7. The minimum absolute atomic E-state index is 0.127. The van der Waals surface area contributed by atoms with E-state index >= 15 is 0 Å². The molecule has 1 saturated heterocycles. The molecule has 1 atom stereocenters. The van der Waals surface area contributed by atoms with Crippen molar-refractivity contribution in [3.63, 3.8) is 0 Å². The van der Waals surface area contributed by atoms with Crippen LogP contribution in [0.4, 0.5) is 0 Å². The lowest BCUT2D eigenvalue weighted by Crippen LogP contribution is -2.39. The number of carbonyl (C=O) groups is 1. The van der Waals surface area contributed by atoms with Crippen molar-refractivity contribution in [1.82, 2.24) is 9.80 Å². The molecule has 6 heteroatoms. The summed E-state index contributed by atoms with van der Waals surface area (Å²) in [4.78, 5) is 16.3. The second-order valence-corrected chi connectivity index (χ2v) is 5.80. The van der Waals surface area contributed by atoms with Gasteiger partial charge >= 0.3 is 0 Å². The lowest BCUT2D eigenvalue weighted by atomic mass is 9.99. The zero-order valence-electron chi connectivity index (χ0n) is 11.7. The SMILES string of the molecule is CN(CCC(N)=S)C(=O)CCN1CCCC(CO)C1. The van der Waals surface area contributed by atoms with Crippen LogP contribution in [0.25, 0.3) is 0 Å². The predicted octanol–water partition coefficient (Wildman–Crippen LogP) is 0.215. The summed E-state index contributed by atoms with van der Waals surface area (Å²) in [5, 5.41) is 9.17. The molecule has 0 spiro atoms. The molecule has 3 N–H and O–H groups in total. The van der Waals surface area contributed by atoms with Gasteiger partial charge in [0.2, 0.25) is 5.91 Å². The smallest absolute Gasteiger partial charge is 0.223 e. The maximum atomic E-state index is 11.9. The molecule has 0 radical (unpaired) electrons. The van der Waals surface area contributed by atoms with Crippen molar-refractivity contribution < 1.29 is 9.90 Å². The van der Waals surface area contributed by atoms with E-state index in [0.717, 1.165) is 32.5 Å². The molecular weight excluding hydrogens is 262 g/mol. The van der Waals surface area contributed by atoms with E-state index in [2.05, 4.69) is 4.90 Å².